The normalized spacial score (nSPS) is 14.6. The zero-order valence-corrected chi connectivity index (χ0v) is 14.5. The zero-order chi connectivity index (χ0) is 18.1. The number of aromatic hydroxyl groups is 1. The SMILES string of the molecule is Cc1cc(Nc2ccccc2O)c2nc(N3CCOCC3)cc(=O)n2c1. The molecule has 0 aliphatic carbocycles. The van der Waals surface area contributed by atoms with Gasteiger partial charge in [0.1, 0.15) is 11.6 Å². The predicted molar refractivity (Wildman–Crippen MR) is 101 cm³/mol. The number of para-hydroxylation sites is 2. The maximum absolute atomic E-state index is 12.7. The summed E-state index contributed by atoms with van der Waals surface area (Å²) in [7, 11) is 0. The van der Waals surface area contributed by atoms with Crippen molar-refractivity contribution in [3.8, 4) is 5.75 Å². The van der Waals surface area contributed by atoms with Crippen LogP contribution in [0.25, 0.3) is 5.65 Å². The number of hydrogen-bond donors (Lipinski definition) is 2. The average molecular weight is 352 g/mol. The molecule has 3 heterocycles. The molecule has 0 spiro atoms. The van der Waals surface area contributed by atoms with E-state index in [1.165, 1.54) is 4.40 Å². The van der Waals surface area contributed by atoms with E-state index in [2.05, 4.69) is 10.2 Å². The third-order valence-electron chi connectivity index (χ3n) is 4.39. The fraction of sp³-hybridized carbons (Fsp3) is 0.263. The first kappa shape index (κ1) is 16.4. The molecule has 1 aliphatic rings. The van der Waals surface area contributed by atoms with E-state index in [0.29, 0.717) is 49.1 Å². The van der Waals surface area contributed by atoms with Crippen LogP contribution in [0, 0.1) is 6.92 Å². The highest BCUT2D eigenvalue weighted by atomic mass is 16.5. The summed E-state index contributed by atoms with van der Waals surface area (Å²) in [5, 5.41) is 13.3. The smallest absolute Gasteiger partial charge is 0.260 e. The third kappa shape index (κ3) is 3.09. The van der Waals surface area contributed by atoms with Crippen molar-refractivity contribution in [3.05, 3.63) is 58.5 Å². The van der Waals surface area contributed by atoms with Gasteiger partial charge in [0.15, 0.2) is 5.65 Å². The Labute approximate surface area is 150 Å². The summed E-state index contributed by atoms with van der Waals surface area (Å²) in [6.07, 6.45) is 1.77. The van der Waals surface area contributed by atoms with E-state index in [9.17, 15) is 9.90 Å². The van der Waals surface area contributed by atoms with Crippen molar-refractivity contribution in [2.75, 3.05) is 36.5 Å². The van der Waals surface area contributed by atoms with Gasteiger partial charge in [-0.3, -0.25) is 9.20 Å². The van der Waals surface area contributed by atoms with Crippen molar-refractivity contribution in [1.29, 1.82) is 0 Å². The van der Waals surface area contributed by atoms with Gasteiger partial charge in [-0.15, -0.1) is 0 Å². The van der Waals surface area contributed by atoms with Gasteiger partial charge in [0, 0.05) is 25.4 Å². The van der Waals surface area contributed by atoms with Gasteiger partial charge in [-0.1, -0.05) is 12.1 Å². The number of anilines is 3. The van der Waals surface area contributed by atoms with Gasteiger partial charge in [-0.25, -0.2) is 4.98 Å². The molecule has 26 heavy (non-hydrogen) atoms. The fourth-order valence-electron chi connectivity index (χ4n) is 3.10. The first-order valence-corrected chi connectivity index (χ1v) is 8.53. The number of fused-ring (bicyclic) bond motifs is 1. The second-order valence-electron chi connectivity index (χ2n) is 6.32. The van der Waals surface area contributed by atoms with Gasteiger partial charge in [0.25, 0.3) is 5.56 Å². The molecule has 0 unspecified atom stereocenters. The summed E-state index contributed by atoms with van der Waals surface area (Å²) in [6.45, 7) is 4.57. The minimum atomic E-state index is -0.138. The zero-order valence-electron chi connectivity index (χ0n) is 14.5. The number of aryl methyl sites for hydroxylation is 1. The molecular formula is C19H20N4O3. The van der Waals surface area contributed by atoms with Crippen LogP contribution in [-0.4, -0.2) is 40.8 Å². The summed E-state index contributed by atoms with van der Waals surface area (Å²) in [4.78, 5) is 19.4. The number of morpholine rings is 1. The molecule has 0 radical (unpaired) electrons. The van der Waals surface area contributed by atoms with Crippen LogP contribution in [0.2, 0.25) is 0 Å². The summed E-state index contributed by atoms with van der Waals surface area (Å²) in [6, 6.07) is 10.4. The second-order valence-corrected chi connectivity index (χ2v) is 6.32. The molecule has 134 valence electrons. The summed E-state index contributed by atoms with van der Waals surface area (Å²) < 4.78 is 6.91. The minimum absolute atomic E-state index is 0.138. The lowest BCUT2D eigenvalue weighted by atomic mass is 10.2. The molecule has 0 saturated carbocycles. The van der Waals surface area contributed by atoms with Crippen molar-refractivity contribution in [3.63, 3.8) is 0 Å². The number of ether oxygens (including phenoxy) is 1. The second kappa shape index (κ2) is 6.68. The van der Waals surface area contributed by atoms with E-state index in [1.54, 1.807) is 30.5 Å². The van der Waals surface area contributed by atoms with E-state index >= 15 is 0 Å². The van der Waals surface area contributed by atoms with E-state index in [1.807, 2.05) is 19.1 Å². The van der Waals surface area contributed by atoms with Crippen LogP contribution in [0.3, 0.4) is 0 Å². The average Bonchev–Trinajstić information content (AvgIpc) is 2.65. The molecule has 1 saturated heterocycles. The van der Waals surface area contributed by atoms with Crippen molar-refractivity contribution in [2.45, 2.75) is 6.92 Å². The van der Waals surface area contributed by atoms with Crippen LogP contribution >= 0.6 is 0 Å². The number of nitrogens with zero attached hydrogens (tertiary/aromatic N) is 3. The van der Waals surface area contributed by atoms with Gasteiger partial charge in [-0.2, -0.15) is 0 Å². The van der Waals surface area contributed by atoms with E-state index < -0.39 is 0 Å². The van der Waals surface area contributed by atoms with E-state index in [-0.39, 0.29) is 11.3 Å². The molecule has 0 bridgehead atoms. The monoisotopic (exact) mass is 352 g/mol. The van der Waals surface area contributed by atoms with E-state index in [0.717, 1.165) is 5.56 Å². The maximum Gasteiger partial charge on any atom is 0.260 e. The Morgan fingerprint density at radius 1 is 1.15 bits per heavy atom. The Kier molecular flexibility index (Phi) is 4.22. The molecule has 2 N–H and O–H groups in total. The molecule has 1 aliphatic heterocycles. The van der Waals surface area contributed by atoms with Gasteiger partial charge >= 0.3 is 0 Å². The first-order valence-electron chi connectivity index (χ1n) is 8.53. The lowest BCUT2D eigenvalue weighted by Gasteiger charge is -2.28. The van der Waals surface area contributed by atoms with E-state index in [4.69, 9.17) is 9.72 Å². The fourth-order valence-corrected chi connectivity index (χ4v) is 3.10. The molecule has 3 aromatic rings. The third-order valence-corrected chi connectivity index (χ3v) is 4.39. The number of phenolic OH excluding ortho intramolecular Hbond substituents is 1. The number of pyridine rings is 1. The predicted octanol–water partition coefficient (Wildman–Crippen LogP) is 2.29. The van der Waals surface area contributed by atoms with Crippen molar-refractivity contribution >= 4 is 22.8 Å². The van der Waals surface area contributed by atoms with Crippen LogP contribution in [0.5, 0.6) is 5.75 Å². The Morgan fingerprint density at radius 2 is 1.92 bits per heavy atom. The highest BCUT2D eigenvalue weighted by molar-refractivity contribution is 5.77. The number of phenols is 1. The van der Waals surface area contributed by atoms with Crippen molar-refractivity contribution in [1.82, 2.24) is 9.38 Å². The molecular weight excluding hydrogens is 332 g/mol. The molecule has 0 amide bonds. The van der Waals surface area contributed by atoms with Gasteiger partial charge < -0.3 is 20.1 Å². The standard InChI is InChI=1S/C19H20N4O3/c1-13-10-15(20-14-4-2-3-5-16(14)24)19-21-17(11-18(25)23(19)12-13)22-6-8-26-9-7-22/h2-5,10-12,20,24H,6-9H2,1H3. The Balaban J connectivity index is 1.84. The number of aromatic nitrogens is 2. The van der Waals surface area contributed by atoms with Crippen LogP contribution in [0.15, 0.2) is 47.4 Å². The highest BCUT2D eigenvalue weighted by Gasteiger charge is 2.16. The number of nitrogens with one attached hydrogen (secondary N) is 1. The van der Waals surface area contributed by atoms with Crippen molar-refractivity contribution in [2.24, 2.45) is 0 Å². The molecule has 1 fully saturated rings. The maximum atomic E-state index is 12.7. The van der Waals surface area contributed by atoms with Crippen LogP contribution in [0.4, 0.5) is 17.2 Å². The minimum Gasteiger partial charge on any atom is -0.506 e. The number of hydrogen-bond acceptors (Lipinski definition) is 6. The molecule has 4 rings (SSSR count). The highest BCUT2D eigenvalue weighted by Crippen LogP contribution is 2.28. The number of benzene rings is 1. The molecule has 1 aromatic carbocycles. The quantitative estimate of drug-likeness (QED) is 0.704. The molecule has 7 nitrogen and oxygen atoms in total. The first-order chi connectivity index (χ1) is 12.6. The molecule has 7 heteroatoms. The van der Waals surface area contributed by atoms with Gasteiger partial charge in [0.05, 0.1) is 24.6 Å². The topological polar surface area (TPSA) is 79.1 Å². The molecule has 0 atom stereocenters. The van der Waals surface area contributed by atoms with Gasteiger partial charge in [0.2, 0.25) is 0 Å². The number of rotatable bonds is 3. The lowest BCUT2D eigenvalue weighted by molar-refractivity contribution is 0.122. The lowest BCUT2D eigenvalue weighted by Crippen LogP contribution is -2.37. The van der Waals surface area contributed by atoms with Crippen LogP contribution in [-0.2, 0) is 4.74 Å². The van der Waals surface area contributed by atoms with Crippen molar-refractivity contribution < 1.29 is 9.84 Å². The Hall–Kier alpha value is -3.06. The Bertz CT molecular complexity index is 1010. The summed E-state index contributed by atoms with van der Waals surface area (Å²) in [5.41, 5.74) is 2.52. The van der Waals surface area contributed by atoms with Crippen LogP contribution in [0.1, 0.15) is 5.56 Å². The Morgan fingerprint density at radius 3 is 2.69 bits per heavy atom. The van der Waals surface area contributed by atoms with Crippen LogP contribution < -0.4 is 15.8 Å². The van der Waals surface area contributed by atoms with Gasteiger partial charge in [-0.05, 0) is 30.7 Å². The summed E-state index contributed by atoms with van der Waals surface area (Å²) in [5.74, 6) is 0.779. The summed E-state index contributed by atoms with van der Waals surface area (Å²) >= 11 is 0. The largest absolute Gasteiger partial charge is 0.506 e. The molecule has 2 aromatic heterocycles.